The Labute approximate surface area is 201 Å². The first kappa shape index (κ1) is 23.2. The lowest BCUT2D eigenvalue weighted by Gasteiger charge is -2.18. The van der Waals surface area contributed by atoms with E-state index in [1.54, 1.807) is 12.1 Å². The Hall–Kier alpha value is -3.92. The zero-order chi connectivity index (χ0) is 24.2. The van der Waals surface area contributed by atoms with Crippen molar-refractivity contribution in [3.05, 3.63) is 105 Å². The Kier molecular flexibility index (Phi) is 6.78. The van der Waals surface area contributed by atoms with E-state index in [9.17, 15) is 14.4 Å². The van der Waals surface area contributed by atoms with Crippen LogP contribution >= 0.6 is 11.6 Å². The van der Waals surface area contributed by atoms with Crippen molar-refractivity contribution in [1.82, 2.24) is 5.43 Å². The maximum atomic E-state index is 14.4. The van der Waals surface area contributed by atoms with Gasteiger partial charge < -0.3 is 10.5 Å². The van der Waals surface area contributed by atoms with Gasteiger partial charge in [0, 0.05) is 16.7 Å². The van der Waals surface area contributed by atoms with E-state index < -0.39 is 12.3 Å². The van der Waals surface area contributed by atoms with E-state index in [-0.39, 0.29) is 0 Å². The van der Waals surface area contributed by atoms with Crippen LogP contribution in [0.5, 0.6) is 0 Å². The van der Waals surface area contributed by atoms with E-state index in [1.165, 1.54) is 6.08 Å². The molecule has 0 aliphatic carbocycles. The molecule has 0 bridgehead atoms. The summed E-state index contributed by atoms with van der Waals surface area (Å²) in [4.78, 5) is 10.8. The van der Waals surface area contributed by atoms with Crippen LogP contribution in [0, 0.1) is 11.3 Å². The molecule has 0 aromatic heterocycles. The van der Waals surface area contributed by atoms with Crippen LogP contribution in [0.2, 0.25) is 5.02 Å². The third-order valence-corrected chi connectivity index (χ3v) is 5.96. The van der Waals surface area contributed by atoms with Gasteiger partial charge in [0.1, 0.15) is 0 Å². The summed E-state index contributed by atoms with van der Waals surface area (Å²) in [5.74, 6) is -1.02. The van der Waals surface area contributed by atoms with Gasteiger partial charge in [-0.05, 0) is 70.2 Å². The van der Waals surface area contributed by atoms with Crippen molar-refractivity contribution in [2.24, 2.45) is 0 Å². The molecule has 1 unspecified atom stereocenters. The maximum Gasteiger partial charge on any atom is 0.328 e. The quantitative estimate of drug-likeness (QED) is 0.214. The summed E-state index contributed by atoms with van der Waals surface area (Å²) in [6.45, 7) is 2.02. The van der Waals surface area contributed by atoms with Crippen LogP contribution in [0.3, 0.4) is 0 Å². The van der Waals surface area contributed by atoms with Crippen molar-refractivity contribution in [2.45, 2.75) is 19.6 Å². The molecule has 0 fully saturated rings. The topological polar surface area (TPSA) is 85.2 Å². The maximum absolute atomic E-state index is 14.4. The summed E-state index contributed by atoms with van der Waals surface area (Å²) < 4.78 is 14.4. The summed E-state index contributed by atoms with van der Waals surface area (Å²) in [6.07, 6.45) is 1.91. The second-order valence-corrected chi connectivity index (χ2v) is 8.15. The number of rotatable bonds is 6. The molecule has 7 heteroatoms. The lowest BCUT2D eigenvalue weighted by molar-refractivity contribution is -0.131. The molecule has 34 heavy (non-hydrogen) atoms. The van der Waals surface area contributed by atoms with Crippen LogP contribution in [-0.2, 0) is 4.79 Å². The predicted octanol–water partition coefficient (Wildman–Crippen LogP) is 6.58. The summed E-state index contributed by atoms with van der Waals surface area (Å²) in [5, 5.41) is 18.6. The van der Waals surface area contributed by atoms with Crippen LogP contribution in [0.4, 0.5) is 10.1 Å². The predicted molar refractivity (Wildman–Crippen MR) is 133 cm³/mol. The Morgan fingerprint density at radius 2 is 1.88 bits per heavy atom. The summed E-state index contributed by atoms with van der Waals surface area (Å²) in [5.41, 5.74) is 12.1. The number of nitrogens with zero attached hydrogens (tertiary/aromatic N) is 1. The number of alkyl halides is 1. The molecule has 3 aromatic carbocycles. The molecule has 0 radical (unpaired) electrons. The molecule has 170 valence electrons. The summed E-state index contributed by atoms with van der Waals surface area (Å²) >= 11 is 6.58. The van der Waals surface area contributed by atoms with E-state index in [4.69, 9.17) is 16.7 Å². The average molecular weight is 474 g/mol. The van der Waals surface area contributed by atoms with Crippen molar-refractivity contribution in [3.63, 3.8) is 0 Å². The van der Waals surface area contributed by atoms with Crippen LogP contribution in [-0.4, -0.2) is 11.1 Å². The zero-order valence-electron chi connectivity index (χ0n) is 18.3. The Morgan fingerprint density at radius 3 is 2.53 bits per heavy atom. The van der Waals surface area contributed by atoms with Gasteiger partial charge in [-0.15, -0.1) is 0 Å². The van der Waals surface area contributed by atoms with Gasteiger partial charge in [-0.1, -0.05) is 54.9 Å². The van der Waals surface area contributed by atoms with E-state index in [1.807, 2.05) is 55.5 Å². The molecular formula is C27H21ClFN3O2. The molecule has 4 rings (SSSR count). The average Bonchev–Trinajstić information content (AvgIpc) is 3.22. The van der Waals surface area contributed by atoms with E-state index >= 15 is 0 Å². The highest BCUT2D eigenvalue weighted by molar-refractivity contribution is 6.33. The third-order valence-electron chi connectivity index (χ3n) is 5.64. The molecule has 0 amide bonds. The smallest absolute Gasteiger partial charge is 0.328 e. The van der Waals surface area contributed by atoms with Crippen LogP contribution in [0.1, 0.15) is 53.0 Å². The number of anilines is 1. The number of carboxylic acids is 1. The molecule has 3 aromatic rings. The Morgan fingerprint density at radius 1 is 1.15 bits per heavy atom. The highest BCUT2D eigenvalue weighted by atomic mass is 35.5. The first-order valence-corrected chi connectivity index (χ1v) is 11.0. The molecule has 1 aliphatic heterocycles. The lowest BCUT2D eigenvalue weighted by Crippen LogP contribution is -2.14. The van der Waals surface area contributed by atoms with Gasteiger partial charge in [0.05, 0.1) is 17.3 Å². The number of halogens is 2. The van der Waals surface area contributed by atoms with Crippen LogP contribution in [0.15, 0.2) is 66.7 Å². The normalized spacial score (nSPS) is 15.4. The lowest BCUT2D eigenvalue weighted by atomic mass is 9.87. The van der Waals surface area contributed by atoms with E-state index in [2.05, 4.69) is 16.9 Å². The minimum Gasteiger partial charge on any atom is -0.478 e. The number of carboxylic acid groups (broad SMARTS) is 1. The van der Waals surface area contributed by atoms with Crippen molar-refractivity contribution < 1.29 is 14.3 Å². The second-order valence-electron chi connectivity index (χ2n) is 7.74. The van der Waals surface area contributed by atoms with Gasteiger partial charge in [-0.3, -0.25) is 0 Å². The number of nitrogens with one attached hydrogen (secondary N) is 2. The summed E-state index contributed by atoms with van der Waals surface area (Å²) in [6, 6.07) is 20.3. The highest BCUT2D eigenvalue weighted by Crippen LogP contribution is 2.40. The number of benzene rings is 3. The van der Waals surface area contributed by atoms with Gasteiger partial charge in [-0.25, -0.2) is 14.6 Å². The minimum absolute atomic E-state index is 0.460. The zero-order valence-corrected chi connectivity index (χ0v) is 19.0. The molecule has 1 atom stereocenters. The van der Waals surface area contributed by atoms with Crippen LogP contribution < -0.4 is 10.9 Å². The highest BCUT2D eigenvalue weighted by Gasteiger charge is 2.23. The standard InChI is InChI=1S/C27H21ClFN3O2/c1-2-20(21-10-5-17(15-30)13-23(21)28)26(18-7-3-16(4-8-18)6-12-25(33)34)19-9-11-24-22(14-19)27(29)32-31-24/h3-14,27,31-32H,2H2,1H3,(H,33,34)/b12-6+,26-20+. The number of nitriles is 1. The fraction of sp³-hybridized carbons (Fsp3) is 0.111. The molecule has 3 N–H and O–H groups in total. The first-order chi connectivity index (χ1) is 16.4. The molecule has 1 heterocycles. The Bertz CT molecular complexity index is 1360. The number of fused-ring (bicyclic) bond motifs is 1. The largest absolute Gasteiger partial charge is 0.478 e. The third kappa shape index (κ3) is 4.72. The monoisotopic (exact) mass is 473 g/mol. The molecular weight excluding hydrogens is 453 g/mol. The van der Waals surface area contributed by atoms with Gasteiger partial charge in [0.2, 0.25) is 0 Å². The van der Waals surface area contributed by atoms with Crippen molar-refractivity contribution in [2.75, 3.05) is 5.43 Å². The fourth-order valence-corrected chi connectivity index (χ4v) is 4.33. The minimum atomic E-state index is -1.33. The number of carbonyl (C=O) groups is 1. The molecule has 0 spiro atoms. The number of aliphatic carboxylic acids is 1. The van der Waals surface area contributed by atoms with Gasteiger partial charge in [0.15, 0.2) is 6.30 Å². The SMILES string of the molecule is CC/C(=C(/c1ccc(/C=C/C(=O)O)cc1)c1ccc2c(c1)C(F)NN2)c1ccc(C#N)cc1Cl. The van der Waals surface area contributed by atoms with Gasteiger partial charge in [-0.2, -0.15) is 5.26 Å². The van der Waals surface area contributed by atoms with E-state index in [0.717, 1.165) is 39.5 Å². The molecule has 1 aliphatic rings. The number of hydrogen-bond donors (Lipinski definition) is 3. The van der Waals surface area contributed by atoms with Crippen molar-refractivity contribution >= 4 is 40.5 Å². The number of hydrazine groups is 1. The van der Waals surface area contributed by atoms with Crippen molar-refractivity contribution in [3.8, 4) is 6.07 Å². The number of allylic oxidation sites excluding steroid dienone is 1. The molecule has 5 nitrogen and oxygen atoms in total. The van der Waals surface area contributed by atoms with Crippen molar-refractivity contribution in [1.29, 1.82) is 5.26 Å². The van der Waals surface area contributed by atoms with E-state index in [0.29, 0.717) is 28.3 Å². The molecule has 0 saturated heterocycles. The summed E-state index contributed by atoms with van der Waals surface area (Å²) in [7, 11) is 0. The second kappa shape index (κ2) is 9.92. The van der Waals surface area contributed by atoms with Gasteiger partial charge >= 0.3 is 5.97 Å². The fourth-order valence-electron chi connectivity index (χ4n) is 4.04. The van der Waals surface area contributed by atoms with Gasteiger partial charge in [0.25, 0.3) is 0 Å². The Balaban J connectivity index is 1.92. The molecule has 0 saturated carbocycles. The first-order valence-electron chi connectivity index (χ1n) is 10.7. The van der Waals surface area contributed by atoms with Crippen LogP contribution in [0.25, 0.3) is 17.2 Å². The number of hydrogen-bond acceptors (Lipinski definition) is 4.